The maximum absolute atomic E-state index is 13.7. The second kappa shape index (κ2) is 18.6. The number of nitrogens with one attached hydrogen (secondary N) is 5. The Morgan fingerprint density at radius 1 is 0.956 bits per heavy atom. The summed E-state index contributed by atoms with van der Waals surface area (Å²) in [5.74, 6) is -4.32. The van der Waals surface area contributed by atoms with Gasteiger partial charge in [0.25, 0.3) is 0 Å². The molecule has 246 valence electrons. The Kier molecular flexibility index (Phi) is 15.0. The van der Waals surface area contributed by atoms with Crippen molar-refractivity contribution in [2.75, 3.05) is 13.1 Å². The van der Waals surface area contributed by atoms with Gasteiger partial charge in [0, 0.05) is 31.3 Å². The molecule has 0 unspecified atom stereocenters. The summed E-state index contributed by atoms with van der Waals surface area (Å²) in [5.41, 5.74) is 18.3. The number of hydrogen-bond acceptors (Lipinski definition) is 8. The number of amides is 4. The third-order valence-corrected chi connectivity index (χ3v) is 7.03. The number of carbonyl (C=O) groups is 5. The van der Waals surface area contributed by atoms with Gasteiger partial charge in [-0.1, -0.05) is 50.6 Å². The van der Waals surface area contributed by atoms with Crippen molar-refractivity contribution in [2.45, 2.75) is 70.1 Å². The van der Waals surface area contributed by atoms with E-state index in [4.69, 9.17) is 22.3 Å². The molecular weight excluding hydrogens is 584 g/mol. The van der Waals surface area contributed by atoms with Gasteiger partial charge in [0.05, 0.1) is 12.4 Å². The molecule has 2 rings (SSSR count). The summed E-state index contributed by atoms with van der Waals surface area (Å²) < 4.78 is 0. The van der Waals surface area contributed by atoms with Gasteiger partial charge in [0.1, 0.15) is 24.7 Å². The molecule has 12 N–H and O–H groups in total. The number of aliphatic carboxylic acids is 1. The van der Waals surface area contributed by atoms with Crippen LogP contribution in [-0.2, 0) is 36.8 Å². The van der Waals surface area contributed by atoms with Crippen molar-refractivity contribution in [3.8, 4) is 0 Å². The predicted octanol–water partition coefficient (Wildman–Crippen LogP) is -1.72. The summed E-state index contributed by atoms with van der Waals surface area (Å²) in [6.07, 6.45) is 4.14. The summed E-state index contributed by atoms with van der Waals surface area (Å²) >= 11 is 0. The number of rotatable bonds is 19. The van der Waals surface area contributed by atoms with E-state index in [0.717, 1.165) is 5.56 Å². The van der Waals surface area contributed by atoms with Crippen LogP contribution in [0.1, 0.15) is 44.4 Å². The van der Waals surface area contributed by atoms with Crippen LogP contribution in [0.2, 0.25) is 0 Å². The summed E-state index contributed by atoms with van der Waals surface area (Å²) in [4.78, 5) is 74.8. The quantitative estimate of drug-likeness (QED) is 0.0482. The van der Waals surface area contributed by atoms with Crippen LogP contribution in [-0.4, -0.2) is 87.9 Å². The summed E-state index contributed by atoms with van der Waals surface area (Å²) in [6.45, 7) is 3.10. The minimum absolute atomic E-state index is 0.0870. The lowest BCUT2D eigenvalue weighted by atomic mass is 9.97. The van der Waals surface area contributed by atoms with Crippen molar-refractivity contribution < 1.29 is 29.1 Å². The highest BCUT2D eigenvalue weighted by Crippen LogP contribution is 2.11. The number of benzene rings is 1. The van der Waals surface area contributed by atoms with Gasteiger partial charge in [-0.3, -0.25) is 29.0 Å². The van der Waals surface area contributed by atoms with E-state index in [1.807, 2.05) is 13.0 Å². The van der Waals surface area contributed by atoms with Gasteiger partial charge in [-0.05, 0) is 24.3 Å². The van der Waals surface area contributed by atoms with Crippen molar-refractivity contribution in [2.24, 2.45) is 28.1 Å². The number of guanidine groups is 1. The SMILES string of the molecule is CC[C@H](C)[C@H](NC(=O)[C@H](CCCN=C(N)N)NC(=O)[C@H](Cc1ccccc1)NC(=O)[C@@H](N)Cc1cnc[nH]1)C(=O)NCC(=O)O. The number of nitrogens with zero attached hydrogens (tertiary/aromatic N) is 2. The summed E-state index contributed by atoms with van der Waals surface area (Å²) in [5, 5.41) is 19.3. The molecule has 5 atom stereocenters. The molecule has 0 aliphatic carbocycles. The molecule has 45 heavy (non-hydrogen) atoms. The zero-order valence-electron chi connectivity index (χ0n) is 25.5. The summed E-state index contributed by atoms with van der Waals surface area (Å²) in [6, 6.07) is 4.67. The van der Waals surface area contributed by atoms with Gasteiger partial charge < -0.3 is 48.6 Å². The first-order valence-electron chi connectivity index (χ1n) is 14.6. The van der Waals surface area contributed by atoms with Crippen LogP contribution >= 0.6 is 0 Å². The Hall–Kier alpha value is -4.99. The number of aliphatic imine (C=N–C) groups is 1. The molecule has 0 bridgehead atoms. The molecule has 1 aromatic carbocycles. The third-order valence-electron chi connectivity index (χ3n) is 7.03. The van der Waals surface area contributed by atoms with Gasteiger partial charge in [-0.15, -0.1) is 0 Å². The molecule has 0 aliphatic rings. The Morgan fingerprint density at radius 2 is 1.62 bits per heavy atom. The van der Waals surface area contributed by atoms with Gasteiger partial charge in [0.15, 0.2) is 5.96 Å². The van der Waals surface area contributed by atoms with Gasteiger partial charge in [-0.25, -0.2) is 4.98 Å². The topological polar surface area (TPSA) is 273 Å². The Morgan fingerprint density at radius 3 is 2.22 bits per heavy atom. The Labute approximate surface area is 261 Å². The normalized spacial score (nSPS) is 14.1. The van der Waals surface area contributed by atoms with E-state index in [9.17, 15) is 24.0 Å². The van der Waals surface area contributed by atoms with E-state index < -0.39 is 60.3 Å². The van der Waals surface area contributed by atoms with Gasteiger partial charge >= 0.3 is 5.97 Å². The molecule has 0 saturated heterocycles. The first kappa shape index (κ1) is 36.2. The molecule has 0 aliphatic heterocycles. The van der Waals surface area contributed by atoms with Crippen molar-refractivity contribution in [3.63, 3.8) is 0 Å². The number of hydrogen-bond donors (Lipinski definition) is 9. The fourth-order valence-corrected chi connectivity index (χ4v) is 4.34. The van der Waals surface area contributed by atoms with E-state index >= 15 is 0 Å². The fourth-order valence-electron chi connectivity index (χ4n) is 4.34. The lowest BCUT2D eigenvalue weighted by molar-refractivity contribution is -0.139. The maximum Gasteiger partial charge on any atom is 0.322 e. The Balaban J connectivity index is 2.28. The lowest BCUT2D eigenvalue weighted by Crippen LogP contribution is -2.59. The number of nitrogens with two attached hydrogens (primary N) is 3. The zero-order valence-corrected chi connectivity index (χ0v) is 25.5. The van der Waals surface area contributed by atoms with E-state index in [-0.39, 0.29) is 37.7 Å². The van der Waals surface area contributed by atoms with Crippen molar-refractivity contribution >= 4 is 35.6 Å². The molecule has 16 heteroatoms. The number of carboxylic acids is 1. The monoisotopic (exact) mass is 628 g/mol. The number of aromatic nitrogens is 2. The van der Waals surface area contributed by atoms with E-state index in [2.05, 4.69) is 36.2 Å². The smallest absolute Gasteiger partial charge is 0.322 e. The van der Waals surface area contributed by atoms with E-state index in [1.54, 1.807) is 37.4 Å². The lowest BCUT2D eigenvalue weighted by Gasteiger charge is -2.28. The van der Waals surface area contributed by atoms with Crippen LogP contribution in [0.15, 0.2) is 47.8 Å². The average Bonchev–Trinajstić information content (AvgIpc) is 3.52. The van der Waals surface area contributed by atoms with Crippen LogP contribution in [0.25, 0.3) is 0 Å². The number of aromatic amines is 1. The van der Waals surface area contributed by atoms with Crippen molar-refractivity contribution in [1.82, 2.24) is 31.2 Å². The van der Waals surface area contributed by atoms with Crippen LogP contribution in [0, 0.1) is 5.92 Å². The third kappa shape index (κ3) is 13.0. The predicted molar refractivity (Wildman–Crippen MR) is 166 cm³/mol. The molecule has 0 saturated carbocycles. The fraction of sp³-hybridized carbons (Fsp3) is 0.483. The average molecular weight is 629 g/mol. The second-order valence-corrected chi connectivity index (χ2v) is 10.6. The molecular formula is C29H44N10O6. The second-order valence-electron chi connectivity index (χ2n) is 10.6. The van der Waals surface area contributed by atoms with Gasteiger partial charge in [0.2, 0.25) is 23.6 Å². The molecule has 0 spiro atoms. The minimum Gasteiger partial charge on any atom is -0.480 e. The molecule has 16 nitrogen and oxygen atoms in total. The number of H-pyrrole nitrogens is 1. The van der Waals surface area contributed by atoms with Crippen LogP contribution in [0.4, 0.5) is 0 Å². The molecule has 0 fully saturated rings. The standard InChI is InChI=1S/C29H44N10O6/c1-3-17(2)24(28(45)35-15-23(40)41)39-26(43)21(10-7-11-34-29(31)32)37-27(44)22(12-18-8-5-4-6-9-18)38-25(42)20(30)13-19-14-33-16-36-19/h4-6,8-9,14,16-17,20-22,24H,3,7,10-13,15,30H2,1-2H3,(H,33,36)(H,35,45)(H,37,44)(H,38,42)(H,39,43)(H,40,41)(H4,31,32,34)/t17-,20-,21-,22-,24-/m0/s1. The highest BCUT2D eigenvalue weighted by atomic mass is 16.4. The molecule has 4 amide bonds. The van der Waals surface area contributed by atoms with Gasteiger partial charge in [-0.2, -0.15) is 0 Å². The number of imidazole rings is 1. The number of carbonyl (C=O) groups excluding carboxylic acids is 4. The highest BCUT2D eigenvalue weighted by molar-refractivity contribution is 5.95. The molecule has 0 radical (unpaired) electrons. The molecule has 2 aromatic rings. The first-order valence-corrected chi connectivity index (χ1v) is 14.6. The van der Waals surface area contributed by atoms with E-state index in [0.29, 0.717) is 18.5 Å². The van der Waals surface area contributed by atoms with Crippen LogP contribution in [0.3, 0.4) is 0 Å². The van der Waals surface area contributed by atoms with Crippen molar-refractivity contribution in [1.29, 1.82) is 0 Å². The summed E-state index contributed by atoms with van der Waals surface area (Å²) in [7, 11) is 0. The van der Waals surface area contributed by atoms with Crippen molar-refractivity contribution in [3.05, 3.63) is 54.1 Å². The molecule has 1 aromatic heterocycles. The number of carboxylic acid groups (broad SMARTS) is 1. The maximum atomic E-state index is 13.7. The highest BCUT2D eigenvalue weighted by Gasteiger charge is 2.32. The van der Waals surface area contributed by atoms with Crippen LogP contribution < -0.4 is 38.5 Å². The largest absolute Gasteiger partial charge is 0.480 e. The Bertz CT molecular complexity index is 1280. The van der Waals surface area contributed by atoms with E-state index in [1.165, 1.54) is 6.33 Å². The minimum atomic E-state index is -1.24. The first-order chi connectivity index (χ1) is 21.4. The molecule has 1 heterocycles. The zero-order chi connectivity index (χ0) is 33.4. The van der Waals surface area contributed by atoms with Crippen LogP contribution in [0.5, 0.6) is 0 Å².